The van der Waals surface area contributed by atoms with Crippen LogP contribution >= 0.6 is 0 Å². The van der Waals surface area contributed by atoms with E-state index in [9.17, 15) is 9.90 Å². The van der Waals surface area contributed by atoms with Crippen LogP contribution in [0.25, 0.3) is 33.2 Å². The fourth-order valence-corrected chi connectivity index (χ4v) is 5.31. The number of ketones is 1. The number of rotatable bonds is 3. The first-order valence-corrected chi connectivity index (χ1v) is 15.8. The molecule has 1 N–H and O–H groups in total. The Morgan fingerprint density at radius 1 is 0.889 bits per heavy atom. The molecule has 1 aliphatic rings. The van der Waals surface area contributed by atoms with E-state index < -0.39 is 5.41 Å². The summed E-state index contributed by atoms with van der Waals surface area (Å²) in [5, 5.41) is 12.0. The molecule has 0 amide bonds. The number of allylic oxidation sites excluding steroid dienone is 2. The van der Waals surface area contributed by atoms with E-state index in [0.29, 0.717) is 5.92 Å². The zero-order chi connectivity index (χ0) is 32.6. The first-order chi connectivity index (χ1) is 20.4. The molecule has 241 valence electrons. The molecule has 2 heterocycles. The van der Waals surface area contributed by atoms with E-state index in [4.69, 9.17) is 9.97 Å². The van der Waals surface area contributed by atoms with Gasteiger partial charge in [-0.25, -0.2) is 0 Å². The van der Waals surface area contributed by atoms with Gasteiger partial charge in [0.1, 0.15) is 5.76 Å². The molecule has 0 aliphatic heterocycles. The van der Waals surface area contributed by atoms with Crippen molar-refractivity contribution in [3.05, 3.63) is 95.1 Å². The van der Waals surface area contributed by atoms with Gasteiger partial charge < -0.3 is 5.11 Å². The molecular formula is C40H49IrN2O2-. The van der Waals surface area contributed by atoms with E-state index in [1.807, 2.05) is 47.7 Å². The van der Waals surface area contributed by atoms with Gasteiger partial charge in [-0.05, 0) is 53.0 Å². The van der Waals surface area contributed by atoms with Crippen LogP contribution in [-0.4, -0.2) is 20.9 Å². The number of hydrogen-bond donors (Lipinski definition) is 1. The van der Waals surface area contributed by atoms with Gasteiger partial charge in [0, 0.05) is 66.4 Å². The normalized spacial score (nSPS) is 13.4. The Balaban J connectivity index is 0.000000338. The minimum atomic E-state index is -0.417. The number of hydrogen-bond acceptors (Lipinski definition) is 4. The summed E-state index contributed by atoms with van der Waals surface area (Å²) < 4.78 is 0. The Morgan fingerprint density at radius 3 is 2.16 bits per heavy atom. The molecule has 0 bridgehead atoms. The molecule has 0 saturated carbocycles. The van der Waals surface area contributed by atoms with E-state index in [1.165, 1.54) is 45.0 Å². The maximum absolute atomic E-state index is 11.5. The van der Waals surface area contributed by atoms with Crippen molar-refractivity contribution in [1.29, 1.82) is 0 Å². The molecule has 2 aromatic carbocycles. The summed E-state index contributed by atoms with van der Waals surface area (Å²) >= 11 is 0. The predicted molar refractivity (Wildman–Crippen MR) is 184 cm³/mol. The zero-order valence-corrected chi connectivity index (χ0v) is 31.2. The molecule has 0 saturated heterocycles. The molecule has 4 nitrogen and oxygen atoms in total. The van der Waals surface area contributed by atoms with Crippen LogP contribution in [-0.2, 0) is 43.2 Å². The average Bonchev–Trinajstić information content (AvgIpc) is 2.94. The van der Waals surface area contributed by atoms with E-state index in [0.717, 1.165) is 29.5 Å². The molecular weight excluding hydrogens is 733 g/mol. The van der Waals surface area contributed by atoms with Gasteiger partial charge >= 0.3 is 0 Å². The number of benzene rings is 2. The van der Waals surface area contributed by atoms with Crippen LogP contribution in [0.3, 0.4) is 0 Å². The van der Waals surface area contributed by atoms with Crippen molar-refractivity contribution in [1.82, 2.24) is 9.97 Å². The first-order valence-electron chi connectivity index (χ1n) is 15.8. The van der Waals surface area contributed by atoms with Crippen molar-refractivity contribution < 1.29 is 30.0 Å². The number of carbonyl (C=O) groups is 1. The van der Waals surface area contributed by atoms with Crippen molar-refractivity contribution in [2.45, 2.75) is 100 Å². The monoisotopic (exact) mass is 782 g/mol. The molecule has 4 aromatic rings. The third kappa shape index (κ3) is 8.37. The number of carbonyl (C=O) groups excluding carboxylic acids is 1. The first kappa shape index (κ1) is 36.3. The quantitative estimate of drug-likeness (QED) is 0.128. The topological polar surface area (TPSA) is 63.1 Å². The summed E-state index contributed by atoms with van der Waals surface area (Å²) in [6.07, 6.45) is 7.37. The van der Waals surface area contributed by atoms with Gasteiger partial charge in [-0.2, -0.15) is 0 Å². The maximum Gasteiger partial charge on any atom is 0.164 e. The number of aliphatic hydroxyl groups is 1. The number of nitrogens with zero attached hydrogens (tertiary/aromatic N) is 2. The predicted octanol–water partition coefficient (Wildman–Crippen LogP) is 10.4. The van der Waals surface area contributed by atoms with Gasteiger partial charge in [-0.3, -0.25) is 14.8 Å². The Morgan fingerprint density at radius 2 is 1.56 bits per heavy atom. The van der Waals surface area contributed by atoms with Crippen LogP contribution in [0.5, 0.6) is 0 Å². The van der Waals surface area contributed by atoms with Crippen molar-refractivity contribution in [2.75, 3.05) is 0 Å². The van der Waals surface area contributed by atoms with Crippen LogP contribution in [0.2, 0.25) is 0 Å². The standard InChI is InChI=1S/C29H29N2.C11H20O2.Ir/c1-18(2)27-16-20-10-11-24-23(25(20)17-31-27)12-13-30-28(24)21-14-19-8-6-7-9-22(19)26(15-21)29(3,4)5;1-10(2,3)8(12)7-9(13)11(4,5)6;/h6-9,12-13,15-18H,10-11H2,1-5H3;7,12H,1-6H3;/q-1;;/b;8-7-;. The van der Waals surface area contributed by atoms with Crippen molar-refractivity contribution >= 4 is 16.6 Å². The van der Waals surface area contributed by atoms with E-state index >= 15 is 0 Å². The van der Waals surface area contributed by atoms with E-state index in [2.05, 4.69) is 89.3 Å². The Labute approximate surface area is 284 Å². The van der Waals surface area contributed by atoms with E-state index in [1.54, 1.807) is 0 Å². The largest absolute Gasteiger partial charge is 0.512 e. The molecule has 0 unspecified atom stereocenters. The fraction of sp³-hybridized carbons (Fsp3) is 0.425. The molecule has 0 spiro atoms. The van der Waals surface area contributed by atoms with Gasteiger partial charge in [-0.15, -0.1) is 29.1 Å². The van der Waals surface area contributed by atoms with Crippen LogP contribution in [0.1, 0.15) is 104 Å². The second-order valence-electron chi connectivity index (χ2n) is 15.4. The van der Waals surface area contributed by atoms with Crippen molar-refractivity contribution in [2.24, 2.45) is 10.8 Å². The summed E-state index contributed by atoms with van der Waals surface area (Å²) in [5.74, 6) is 0.551. The molecule has 1 radical (unpaired) electrons. The SMILES string of the molecule is CC(C)(C)C(=O)/C=C(\O)C(C)(C)C.CC(C)c1cc2c(cn1)-c1ccnc(-c3[c-]c4ccccc4c(C(C)(C)C)c3)c1CC2.[Ir]. The third-order valence-electron chi connectivity index (χ3n) is 8.21. The summed E-state index contributed by atoms with van der Waals surface area (Å²) in [4.78, 5) is 21.1. The van der Waals surface area contributed by atoms with Crippen LogP contribution < -0.4 is 0 Å². The summed E-state index contributed by atoms with van der Waals surface area (Å²) in [5.41, 5.74) is 9.20. The van der Waals surface area contributed by atoms with Gasteiger partial charge in [0.25, 0.3) is 0 Å². The zero-order valence-electron chi connectivity index (χ0n) is 28.8. The van der Waals surface area contributed by atoms with Crippen LogP contribution in [0, 0.1) is 16.9 Å². The molecule has 1 aliphatic carbocycles. The Hall–Kier alpha value is -3.14. The van der Waals surface area contributed by atoms with E-state index in [-0.39, 0.29) is 42.5 Å². The van der Waals surface area contributed by atoms with Gasteiger partial charge in [0.15, 0.2) is 5.78 Å². The maximum atomic E-state index is 11.5. The molecule has 2 aromatic heterocycles. The summed E-state index contributed by atoms with van der Waals surface area (Å²) in [6, 6.07) is 19.0. The average molecular weight is 782 g/mol. The minimum absolute atomic E-state index is 0. The fourth-order valence-electron chi connectivity index (χ4n) is 5.31. The van der Waals surface area contributed by atoms with Gasteiger partial charge in [0.2, 0.25) is 0 Å². The number of aliphatic hydroxyl groups excluding tert-OH is 1. The minimum Gasteiger partial charge on any atom is -0.512 e. The molecule has 0 fully saturated rings. The summed E-state index contributed by atoms with van der Waals surface area (Å²) in [7, 11) is 0. The van der Waals surface area contributed by atoms with Crippen LogP contribution in [0.15, 0.2) is 66.7 Å². The number of aromatic nitrogens is 2. The Kier molecular flexibility index (Phi) is 11.1. The number of aryl methyl sites for hydroxylation is 1. The molecule has 5 heteroatoms. The van der Waals surface area contributed by atoms with Crippen molar-refractivity contribution in [3.8, 4) is 22.4 Å². The smallest absolute Gasteiger partial charge is 0.164 e. The molecule has 5 rings (SSSR count). The second-order valence-corrected chi connectivity index (χ2v) is 15.4. The van der Waals surface area contributed by atoms with Gasteiger partial charge in [-0.1, -0.05) is 105 Å². The third-order valence-corrected chi connectivity index (χ3v) is 8.21. The molecule has 45 heavy (non-hydrogen) atoms. The Bertz CT molecular complexity index is 1710. The van der Waals surface area contributed by atoms with Crippen LogP contribution in [0.4, 0.5) is 0 Å². The number of fused-ring (bicyclic) bond motifs is 4. The second kappa shape index (κ2) is 13.7. The molecule has 0 atom stereocenters. The summed E-state index contributed by atoms with van der Waals surface area (Å²) in [6.45, 7) is 22.4. The van der Waals surface area contributed by atoms with Crippen molar-refractivity contribution in [3.63, 3.8) is 0 Å². The number of pyridine rings is 2. The van der Waals surface area contributed by atoms with Gasteiger partial charge in [0.05, 0.1) is 0 Å².